The van der Waals surface area contributed by atoms with Gasteiger partial charge in [0.05, 0.1) is 0 Å². The molecule has 0 saturated carbocycles. The molecule has 0 N–H and O–H groups in total. The van der Waals surface area contributed by atoms with Gasteiger partial charge < -0.3 is 14.5 Å². The minimum atomic E-state index is -2.91. The molecule has 2 aliphatic heterocycles. The molecule has 2 heterocycles. The fourth-order valence-electron chi connectivity index (χ4n) is 4.78. The van der Waals surface area contributed by atoms with Crippen molar-refractivity contribution in [2.45, 2.75) is 44.3 Å². The first-order chi connectivity index (χ1) is 15.0. The van der Waals surface area contributed by atoms with Crippen LogP contribution in [-0.4, -0.2) is 53.4 Å². The van der Waals surface area contributed by atoms with Crippen molar-refractivity contribution in [2.24, 2.45) is 0 Å². The summed E-state index contributed by atoms with van der Waals surface area (Å²) >= 11 is 0. The van der Waals surface area contributed by atoms with E-state index < -0.39 is 12.2 Å². The predicted molar refractivity (Wildman–Crippen MR) is 112 cm³/mol. The highest BCUT2D eigenvalue weighted by Crippen LogP contribution is 2.39. The van der Waals surface area contributed by atoms with Crippen molar-refractivity contribution in [2.75, 3.05) is 19.6 Å². The highest BCUT2D eigenvalue weighted by molar-refractivity contribution is 6.00. The van der Waals surface area contributed by atoms with Gasteiger partial charge in [-0.15, -0.1) is 0 Å². The van der Waals surface area contributed by atoms with Crippen LogP contribution in [0.2, 0.25) is 0 Å². The van der Waals surface area contributed by atoms with Crippen molar-refractivity contribution >= 4 is 11.8 Å². The van der Waals surface area contributed by atoms with Crippen LogP contribution >= 0.6 is 0 Å². The molecule has 1 atom stereocenters. The molecule has 5 nitrogen and oxygen atoms in total. The van der Waals surface area contributed by atoms with Crippen molar-refractivity contribution in [3.05, 3.63) is 65.7 Å². The van der Waals surface area contributed by atoms with E-state index in [0.717, 1.165) is 19.3 Å². The van der Waals surface area contributed by atoms with Crippen LogP contribution in [0.15, 0.2) is 54.6 Å². The maximum absolute atomic E-state index is 13.5. The Hall–Kier alpha value is -2.96. The quantitative estimate of drug-likeness (QED) is 0.695. The SMILES string of the molecule is O=C(c1ccc(OC(F)F)cc1)N1CCCC12CCCN(CCc1ccccc1)C2=O. The predicted octanol–water partition coefficient (Wildman–Crippen LogP) is 4.13. The highest BCUT2D eigenvalue weighted by Gasteiger charge is 2.52. The molecule has 31 heavy (non-hydrogen) atoms. The molecule has 0 radical (unpaired) electrons. The van der Waals surface area contributed by atoms with E-state index in [0.29, 0.717) is 38.0 Å². The van der Waals surface area contributed by atoms with Crippen LogP contribution in [0, 0.1) is 0 Å². The number of rotatable bonds is 6. The molecule has 1 unspecified atom stereocenters. The van der Waals surface area contributed by atoms with E-state index >= 15 is 0 Å². The number of halogens is 2. The van der Waals surface area contributed by atoms with Crippen LogP contribution in [0.25, 0.3) is 0 Å². The normalized spacial score (nSPS) is 21.2. The topological polar surface area (TPSA) is 49.9 Å². The summed E-state index contributed by atoms with van der Waals surface area (Å²) in [4.78, 5) is 30.4. The minimum absolute atomic E-state index is 0.00325. The van der Waals surface area contributed by atoms with E-state index in [-0.39, 0.29) is 17.6 Å². The van der Waals surface area contributed by atoms with Gasteiger partial charge >= 0.3 is 6.61 Å². The molecule has 1 spiro atoms. The molecular formula is C24H26F2N2O3. The molecule has 7 heteroatoms. The van der Waals surface area contributed by atoms with Crippen LogP contribution in [0.3, 0.4) is 0 Å². The van der Waals surface area contributed by atoms with E-state index in [1.807, 2.05) is 23.1 Å². The summed E-state index contributed by atoms with van der Waals surface area (Å²) < 4.78 is 29.1. The van der Waals surface area contributed by atoms with Gasteiger partial charge in [0.1, 0.15) is 11.3 Å². The van der Waals surface area contributed by atoms with Crippen LogP contribution in [-0.2, 0) is 11.2 Å². The van der Waals surface area contributed by atoms with Crippen LogP contribution in [0.5, 0.6) is 5.75 Å². The van der Waals surface area contributed by atoms with Crippen LogP contribution in [0.4, 0.5) is 8.78 Å². The standard InChI is InChI=1S/C24H26F2N2O3/c25-23(26)31-20-10-8-19(9-11-20)21(29)28-16-5-14-24(28)13-4-15-27(22(24)30)17-12-18-6-2-1-3-7-18/h1-3,6-11,23H,4-5,12-17H2. The Morgan fingerprint density at radius 2 is 1.68 bits per heavy atom. The third kappa shape index (κ3) is 4.40. The first kappa shape index (κ1) is 21.3. The van der Waals surface area contributed by atoms with E-state index in [9.17, 15) is 18.4 Å². The molecule has 2 fully saturated rings. The number of carbonyl (C=O) groups excluding carboxylic acids is 2. The summed E-state index contributed by atoms with van der Waals surface area (Å²) in [5.41, 5.74) is 0.752. The summed E-state index contributed by atoms with van der Waals surface area (Å²) in [5, 5.41) is 0. The maximum Gasteiger partial charge on any atom is 0.387 e. The molecule has 0 aromatic heterocycles. The molecule has 164 valence electrons. The summed E-state index contributed by atoms with van der Waals surface area (Å²) in [7, 11) is 0. The first-order valence-corrected chi connectivity index (χ1v) is 10.7. The Balaban J connectivity index is 1.48. The molecule has 4 rings (SSSR count). The Bertz CT molecular complexity index is 920. The zero-order valence-corrected chi connectivity index (χ0v) is 17.3. The lowest BCUT2D eigenvalue weighted by molar-refractivity contribution is -0.145. The second-order valence-corrected chi connectivity index (χ2v) is 8.13. The van der Waals surface area contributed by atoms with E-state index in [2.05, 4.69) is 16.9 Å². The number of piperidine rings is 1. The van der Waals surface area contributed by atoms with Crippen molar-refractivity contribution in [1.82, 2.24) is 9.80 Å². The van der Waals surface area contributed by atoms with Gasteiger partial charge in [-0.05, 0) is 61.9 Å². The largest absolute Gasteiger partial charge is 0.435 e. The first-order valence-electron chi connectivity index (χ1n) is 10.7. The second kappa shape index (κ2) is 9.04. The summed E-state index contributed by atoms with van der Waals surface area (Å²) in [6, 6.07) is 15.7. The lowest BCUT2D eigenvalue weighted by atomic mass is 9.84. The number of hydrogen-bond acceptors (Lipinski definition) is 3. The molecule has 2 aromatic carbocycles. The Morgan fingerprint density at radius 3 is 2.35 bits per heavy atom. The highest BCUT2D eigenvalue weighted by atomic mass is 19.3. The van der Waals surface area contributed by atoms with Crippen molar-refractivity contribution in [1.29, 1.82) is 0 Å². The van der Waals surface area contributed by atoms with Crippen LogP contribution in [0.1, 0.15) is 41.6 Å². The number of carbonyl (C=O) groups is 2. The molecular weight excluding hydrogens is 402 g/mol. The fraction of sp³-hybridized carbons (Fsp3) is 0.417. The smallest absolute Gasteiger partial charge is 0.387 e. The van der Waals surface area contributed by atoms with Gasteiger partial charge in [0, 0.05) is 25.2 Å². The van der Waals surface area contributed by atoms with Crippen molar-refractivity contribution in [3.63, 3.8) is 0 Å². The zero-order chi connectivity index (χ0) is 21.8. The zero-order valence-electron chi connectivity index (χ0n) is 17.3. The van der Waals surface area contributed by atoms with Crippen molar-refractivity contribution < 1.29 is 23.1 Å². The average Bonchev–Trinajstić information content (AvgIpc) is 3.19. The van der Waals surface area contributed by atoms with Gasteiger partial charge in [-0.2, -0.15) is 8.78 Å². The fourth-order valence-corrected chi connectivity index (χ4v) is 4.78. The number of ether oxygens (including phenoxy) is 1. The number of alkyl halides is 2. The van der Waals surface area contributed by atoms with Gasteiger partial charge in [-0.1, -0.05) is 30.3 Å². The second-order valence-electron chi connectivity index (χ2n) is 8.13. The molecule has 2 aromatic rings. The molecule has 2 amide bonds. The van der Waals surface area contributed by atoms with E-state index in [1.54, 1.807) is 4.90 Å². The number of nitrogens with zero attached hydrogens (tertiary/aromatic N) is 2. The third-order valence-electron chi connectivity index (χ3n) is 6.28. The average molecular weight is 428 g/mol. The lowest BCUT2D eigenvalue weighted by Gasteiger charge is -2.44. The maximum atomic E-state index is 13.5. The molecule has 0 aliphatic carbocycles. The number of benzene rings is 2. The number of hydrogen-bond donors (Lipinski definition) is 0. The van der Waals surface area contributed by atoms with Gasteiger partial charge in [0.15, 0.2) is 0 Å². The summed E-state index contributed by atoms with van der Waals surface area (Å²) in [6.45, 7) is -1.06. The molecule has 0 bridgehead atoms. The van der Waals surface area contributed by atoms with Crippen molar-refractivity contribution in [3.8, 4) is 5.75 Å². The Kier molecular flexibility index (Phi) is 6.20. The monoisotopic (exact) mass is 428 g/mol. The van der Waals surface area contributed by atoms with Gasteiger partial charge in [-0.25, -0.2) is 0 Å². The van der Waals surface area contributed by atoms with Gasteiger partial charge in [-0.3, -0.25) is 9.59 Å². The molecule has 2 aliphatic rings. The number of likely N-dealkylation sites (tertiary alicyclic amines) is 2. The van der Waals surface area contributed by atoms with Gasteiger partial charge in [0.25, 0.3) is 5.91 Å². The summed E-state index contributed by atoms with van der Waals surface area (Å²) in [5.74, 6) is -0.207. The minimum Gasteiger partial charge on any atom is -0.435 e. The Morgan fingerprint density at radius 1 is 1.00 bits per heavy atom. The Labute approximate surface area is 180 Å². The third-order valence-corrected chi connectivity index (χ3v) is 6.28. The summed E-state index contributed by atoms with van der Waals surface area (Å²) in [6.07, 6.45) is 3.72. The van der Waals surface area contributed by atoms with Gasteiger partial charge in [0.2, 0.25) is 5.91 Å². The lowest BCUT2D eigenvalue weighted by Crippen LogP contribution is -2.61. The van der Waals surface area contributed by atoms with E-state index in [4.69, 9.17) is 0 Å². The van der Waals surface area contributed by atoms with Crippen LogP contribution < -0.4 is 4.74 Å². The number of amides is 2. The van der Waals surface area contributed by atoms with E-state index in [1.165, 1.54) is 29.8 Å². The molecule has 2 saturated heterocycles.